The Morgan fingerprint density at radius 1 is 1.53 bits per heavy atom. The molecular weight excluding hydrogens is 190 g/mol. The molecule has 0 aliphatic carbocycles. The Kier molecular flexibility index (Phi) is 4.54. The Morgan fingerprint density at radius 2 is 2.20 bits per heavy atom. The van der Waals surface area contributed by atoms with Crippen molar-refractivity contribution in [2.75, 3.05) is 34.2 Å². The largest absolute Gasteiger partial charge is 0.349 e. The number of carbonyl (C=O) groups excluding carboxylic acids is 1. The van der Waals surface area contributed by atoms with E-state index in [9.17, 15) is 4.79 Å². The van der Waals surface area contributed by atoms with Gasteiger partial charge >= 0.3 is 0 Å². The van der Waals surface area contributed by atoms with Crippen molar-refractivity contribution in [2.24, 2.45) is 0 Å². The van der Waals surface area contributed by atoms with E-state index in [0.717, 1.165) is 13.1 Å². The van der Waals surface area contributed by atoms with Gasteiger partial charge in [-0.1, -0.05) is 0 Å². The topological polar surface area (TPSA) is 35.6 Å². The zero-order chi connectivity index (χ0) is 11.4. The van der Waals surface area contributed by atoms with Gasteiger partial charge in [-0.05, 0) is 20.4 Å². The molecule has 2 unspecified atom stereocenters. The minimum Gasteiger partial charge on any atom is -0.349 e. The standard InChI is InChI=1S/C11H23N3O/c1-9-7-10(8-14(9)4)12-6-5-11(15)13(2)3/h9-10,12H,5-8H2,1-4H3. The highest BCUT2D eigenvalue weighted by atomic mass is 16.2. The fraction of sp³-hybridized carbons (Fsp3) is 0.909. The van der Waals surface area contributed by atoms with Crippen molar-refractivity contribution in [1.29, 1.82) is 0 Å². The molecule has 2 atom stereocenters. The Labute approximate surface area is 92.6 Å². The van der Waals surface area contributed by atoms with Gasteiger partial charge in [0.25, 0.3) is 0 Å². The lowest BCUT2D eigenvalue weighted by Crippen LogP contribution is -2.34. The second-order valence-corrected chi connectivity index (χ2v) is 4.71. The predicted octanol–water partition coefficient (Wildman–Crippen LogP) is 0.147. The lowest BCUT2D eigenvalue weighted by atomic mass is 10.2. The number of nitrogens with one attached hydrogen (secondary N) is 1. The summed E-state index contributed by atoms with van der Waals surface area (Å²) < 4.78 is 0. The second kappa shape index (κ2) is 5.47. The van der Waals surface area contributed by atoms with Crippen LogP contribution in [0.15, 0.2) is 0 Å². The van der Waals surface area contributed by atoms with Gasteiger partial charge in [-0.25, -0.2) is 0 Å². The molecule has 1 saturated heterocycles. The summed E-state index contributed by atoms with van der Waals surface area (Å²) in [6.07, 6.45) is 1.79. The summed E-state index contributed by atoms with van der Waals surface area (Å²) in [5.74, 6) is 0.196. The maximum atomic E-state index is 11.3. The van der Waals surface area contributed by atoms with E-state index in [1.165, 1.54) is 6.42 Å². The highest BCUT2D eigenvalue weighted by molar-refractivity contribution is 5.75. The third kappa shape index (κ3) is 3.80. The van der Waals surface area contributed by atoms with Crippen molar-refractivity contribution in [1.82, 2.24) is 15.1 Å². The number of carbonyl (C=O) groups is 1. The lowest BCUT2D eigenvalue weighted by Gasteiger charge is -2.14. The van der Waals surface area contributed by atoms with E-state index in [1.54, 1.807) is 19.0 Å². The first kappa shape index (κ1) is 12.5. The van der Waals surface area contributed by atoms with E-state index < -0.39 is 0 Å². The summed E-state index contributed by atoms with van der Waals surface area (Å²) in [7, 11) is 5.75. The van der Waals surface area contributed by atoms with Crippen LogP contribution in [0.1, 0.15) is 19.8 Å². The van der Waals surface area contributed by atoms with Crippen molar-refractivity contribution in [3.05, 3.63) is 0 Å². The van der Waals surface area contributed by atoms with Crippen LogP contribution in [-0.4, -0.2) is 62.0 Å². The van der Waals surface area contributed by atoms with Gasteiger partial charge in [-0.15, -0.1) is 0 Å². The van der Waals surface area contributed by atoms with Gasteiger partial charge in [0.1, 0.15) is 0 Å². The minimum atomic E-state index is 0.196. The fourth-order valence-corrected chi connectivity index (χ4v) is 1.95. The average Bonchev–Trinajstić information content (AvgIpc) is 2.46. The summed E-state index contributed by atoms with van der Waals surface area (Å²) in [5.41, 5.74) is 0. The third-order valence-electron chi connectivity index (χ3n) is 3.16. The van der Waals surface area contributed by atoms with E-state index >= 15 is 0 Å². The molecule has 0 aromatic heterocycles. The first-order valence-corrected chi connectivity index (χ1v) is 5.64. The van der Waals surface area contributed by atoms with Crippen LogP contribution in [-0.2, 0) is 4.79 Å². The smallest absolute Gasteiger partial charge is 0.223 e. The lowest BCUT2D eigenvalue weighted by molar-refractivity contribution is -0.128. The molecule has 1 N–H and O–H groups in total. The van der Waals surface area contributed by atoms with Gasteiger partial charge in [0.2, 0.25) is 5.91 Å². The van der Waals surface area contributed by atoms with Gasteiger partial charge in [-0.3, -0.25) is 4.79 Å². The highest BCUT2D eigenvalue weighted by Crippen LogP contribution is 2.14. The molecule has 1 amide bonds. The van der Waals surface area contributed by atoms with Crippen molar-refractivity contribution in [3.8, 4) is 0 Å². The van der Waals surface area contributed by atoms with Crippen LogP contribution < -0.4 is 5.32 Å². The molecule has 88 valence electrons. The van der Waals surface area contributed by atoms with Gasteiger partial charge in [-0.2, -0.15) is 0 Å². The minimum absolute atomic E-state index is 0.196. The molecule has 1 aliphatic rings. The number of amides is 1. The van der Waals surface area contributed by atoms with Crippen LogP contribution >= 0.6 is 0 Å². The van der Waals surface area contributed by atoms with Crippen molar-refractivity contribution in [2.45, 2.75) is 31.8 Å². The maximum absolute atomic E-state index is 11.3. The summed E-state index contributed by atoms with van der Waals surface area (Å²) in [6, 6.07) is 1.21. The molecule has 4 nitrogen and oxygen atoms in total. The number of hydrogen-bond acceptors (Lipinski definition) is 3. The third-order valence-corrected chi connectivity index (χ3v) is 3.16. The van der Waals surface area contributed by atoms with Crippen molar-refractivity contribution < 1.29 is 4.79 Å². The Balaban J connectivity index is 2.14. The number of likely N-dealkylation sites (tertiary alicyclic amines) is 1. The SMILES string of the molecule is CC1CC(NCCC(=O)N(C)C)CN1C. The summed E-state index contributed by atoms with van der Waals surface area (Å²) in [4.78, 5) is 15.3. The molecule has 1 aliphatic heterocycles. The van der Waals surface area contributed by atoms with Gasteiger partial charge < -0.3 is 15.1 Å². The number of nitrogens with zero attached hydrogens (tertiary/aromatic N) is 2. The highest BCUT2D eigenvalue weighted by Gasteiger charge is 2.25. The van der Waals surface area contributed by atoms with Gasteiger partial charge in [0.05, 0.1) is 0 Å². The van der Waals surface area contributed by atoms with E-state index in [1.807, 2.05) is 0 Å². The van der Waals surface area contributed by atoms with Gasteiger partial charge in [0, 0.05) is 45.7 Å². The molecule has 0 spiro atoms. The van der Waals surface area contributed by atoms with Gasteiger partial charge in [0.15, 0.2) is 0 Å². The van der Waals surface area contributed by atoms with Crippen molar-refractivity contribution >= 4 is 5.91 Å². The predicted molar refractivity (Wildman–Crippen MR) is 61.8 cm³/mol. The number of rotatable bonds is 4. The van der Waals surface area contributed by atoms with Crippen LogP contribution in [0.4, 0.5) is 0 Å². The van der Waals surface area contributed by atoms with E-state index in [-0.39, 0.29) is 5.91 Å². The molecule has 4 heteroatoms. The molecule has 0 saturated carbocycles. The van der Waals surface area contributed by atoms with E-state index in [0.29, 0.717) is 18.5 Å². The monoisotopic (exact) mass is 213 g/mol. The maximum Gasteiger partial charge on any atom is 0.223 e. The van der Waals surface area contributed by atoms with Crippen LogP contribution in [0.3, 0.4) is 0 Å². The normalized spacial score (nSPS) is 26.9. The molecule has 0 radical (unpaired) electrons. The number of likely N-dealkylation sites (N-methyl/N-ethyl adjacent to an activating group) is 1. The van der Waals surface area contributed by atoms with E-state index in [2.05, 4.69) is 24.2 Å². The van der Waals surface area contributed by atoms with E-state index in [4.69, 9.17) is 0 Å². The quantitative estimate of drug-likeness (QED) is 0.722. The van der Waals surface area contributed by atoms with Crippen LogP contribution in [0.2, 0.25) is 0 Å². The summed E-state index contributed by atoms with van der Waals surface area (Å²) in [5, 5.41) is 3.44. The fourth-order valence-electron chi connectivity index (χ4n) is 1.95. The first-order valence-electron chi connectivity index (χ1n) is 5.64. The first-order chi connectivity index (χ1) is 7.00. The summed E-state index contributed by atoms with van der Waals surface area (Å²) >= 11 is 0. The van der Waals surface area contributed by atoms with Crippen LogP contribution in [0, 0.1) is 0 Å². The Bertz CT molecular complexity index is 208. The second-order valence-electron chi connectivity index (χ2n) is 4.71. The van der Waals surface area contributed by atoms with Crippen molar-refractivity contribution in [3.63, 3.8) is 0 Å². The van der Waals surface area contributed by atoms with Crippen LogP contribution in [0.5, 0.6) is 0 Å². The molecule has 0 bridgehead atoms. The molecule has 0 aromatic carbocycles. The average molecular weight is 213 g/mol. The number of hydrogen-bond donors (Lipinski definition) is 1. The van der Waals surface area contributed by atoms with Crippen LogP contribution in [0.25, 0.3) is 0 Å². The molecule has 0 aromatic rings. The molecule has 1 heterocycles. The zero-order valence-corrected chi connectivity index (χ0v) is 10.3. The molecule has 1 rings (SSSR count). The molecule has 15 heavy (non-hydrogen) atoms. The molecule has 1 fully saturated rings. The Hall–Kier alpha value is -0.610. The Morgan fingerprint density at radius 3 is 2.67 bits per heavy atom. The summed E-state index contributed by atoms with van der Waals surface area (Å²) in [6.45, 7) is 4.13. The zero-order valence-electron chi connectivity index (χ0n) is 10.3. The molecular formula is C11H23N3O.